The number of hydrogen-bond donors (Lipinski definition) is 2. The molecule has 0 heterocycles. The van der Waals surface area contributed by atoms with Crippen molar-refractivity contribution < 1.29 is 44.6 Å². The fourth-order valence-corrected chi connectivity index (χ4v) is 2.78. The predicted molar refractivity (Wildman–Crippen MR) is 98.2 cm³/mol. The molecule has 3 rings (SSSR count). The second kappa shape index (κ2) is 8.09. The van der Waals surface area contributed by atoms with Crippen LogP contribution in [0.3, 0.4) is 0 Å². The van der Waals surface area contributed by atoms with Gasteiger partial charge in [-0.25, -0.2) is 8.78 Å². The Morgan fingerprint density at radius 2 is 1.12 bits per heavy atom. The van der Waals surface area contributed by atoms with Crippen molar-refractivity contribution in [3.05, 3.63) is 71.3 Å². The molecule has 0 saturated carbocycles. The molecule has 0 bridgehead atoms. The van der Waals surface area contributed by atoms with Gasteiger partial charge in [-0.2, -0.15) is 26.3 Å². The molecule has 0 amide bonds. The maximum Gasteiger partial charge on any atom is 0.423 e. The minimum atomic E-state index is -5.43. The van der Waals surface area contributed by atoms with Crippen LogP contribution in [-0.2, 0) is 12.4 Å². The first-order chi connectivity index (χ1) is 14.7. The third-order valence-corrected chi connectivity index (χ3v) is 3.94. The van der Waals surface area contributed by atoms with Gasteiger partial charge in [-0.3, -0.25) is 0 Å². The molecule has 0 aromatic heterocycles. The van der Waals surface area contributed by atoms with E-state index in [4.69, 9.17) is 20.9 Å². The van der Waals surface area contributed by atoms with Gasteiger partial charge >= 0.3 is 12.4 Å². The zero-order valence-electron chi connectivity index (χ0n) is 15.6. The molecule has 0 aliphatic heterocycles. The monoisotopic (exact) mass is 464 g/mol. The second-order valence-electron chi connectivity index (χ2n) is 6.46. The third-order valence-electron chi connectivity index (χ3n) is 3.94. The van der Waals surface area contributed by atoms with Crippen molar-refractivity contribution in [2.24, 2.45) is 0 Å². The summed E-state index contributed by atoms with van der Waals surface area (Å²) in [6, 6.07) is 5.37. The largest absolute Gasteiger partial charge is 0.456 e. The van der Waals surface area contributed by atoms with E-state index in [1.165, 1.54) is 0 Å². The van der Waals surface area contributed by atoms with Crippen LogP contribution >= 0.6 is 0 Å². The Bertz CT molecular complexity index is 1120. The van der Waals surface area contributed by atoms with Gasteiger partial charge in [0.15, 0.2) is 5.75 Å². The number of rotatable bonds is 4. The highest BCUT2D eigenvalue weighted by Gasteiger charge is 2.45. The average Bonchev–Trinajstić information content (AvgIpc) is 2.57. The molecule has 4 nitrogen and oxygen atoms in total. The van der Waals surface area contributed by atoms with Crippen molar-refractivity contribution in [3.63, 3.8) is 0 Å². The van der Waals surface area contributed by atoms with Crippen molar-refractivity contribution in [3.8, 4) is 23.0 Å². The third kappa shape index (κ3) is 5.13. The molecule has 0 fully saturated rings. The lowest BCUT2D eigenvalue weighted by atomic mass is 10.1. The van der Waals surface area contributed by atoms with Gasteiger partial charge in [0, 0.05) is 35.6 Å². The van der Waals surface area contributed by atoms with Gasteiger partial charge in [0.05, 0.1) is 5.56 Å². The van der Waals surface area contributed by atoms with Crippen LogP contribution in [0.5, 0.6) is 23.0 Å². The van der Waals surface area contributed by atoms with Crippen LogP contribution < -0.4 is 20.9 Å². The summed E-state index contributed by atoms with van der Waals surface area (Å²) >= 11 is 0. The van der Waals surface area contributed by atoms with E-state index in [0.717, 1.165) is 24.3 Å². The Kier molecular flexibility index (Phi) is 5.81. The molecule has 0 aliphatic carbocycles. The number of hydrogen-bond acceptors (Lipinski definition) is 4. The van der Waals surface area contributed by atoms with E-state index in [2.05, 4.69) is 0 Å². The fraction of sp³-hybridized carbons (Fsp3) is 0.100. The number of halogens is 8. The lowest BCUT2D eigenvalue weighted by molar-refractivity contribution is -0.145. The molecule has 170 valence electrons. The molecule has 0 spiro atoms. The Hall–Kier alpha value is -3.70. The number of alkyl halides is 6. The summed E-state index contributed by atoms with van der Waals surface area (Å²) in [6.07, 6.45) is -10.7. The van der Waals surface area contributed by atoms with Crippen LogP contribution in [0.2, 0.25) is 0 Å². The van der Waals surface area contributed by atoms with Crippen molar-refractivity contribution in [2.45, 2.75) is 12.4 Å². The van der Waals surface area contributed by atoms with Gasteiger partial charge in [0.25, 0.3) is 0 Å². The first-order valence-corrected chi connectivity index (χ1v) is 8.53. The minimum Gasteiger partial charge on any atom is -0.456 e. The SMILES string of the molecule is Nc1cc(F)cc(Oc2ccc(C(F)(F)F)c(Oc3cc(N)cc(F)c3)c2C(F)(F)F)c1. The number of anilines is 2. The van der Waals surface area contributed by atoms with Gasteiger partial charge < -0.3 is 20.9 Å². The summed E-state index contributed by atoms with van der Waals surface area (Å²) in [5, 5.41) is 0. The molecule has 12 heteroatoms. The summed E-state index contributed by atoms with van der Waals surface area (Å²) < 4.78 is 119. The molecule has 3 aromatic rings. The second-order valence-corrected chi connectivity index (χ2v) is 6.46. The van der Waals surface area contributed by atoms with E-state index < -0.39 is 58.1 Å². The summed E-state index contributed by atoms with van der Waals surface area (Å²) in [6.45, 7) is 0. The summed E-state index contributed by atoms with van der Waals surface area (Å²) in [5.41, 5.74) is 6.53. The van der Waals surface area contributed by atoms with E-state index in [1.807, 2.05) is 0 Å². The number of nitrogens with two attached hydrogens (primary N) is 2. The highest BCUT2D eigenvalue weighted by atomic mass is 19.4. The molecule has 4 N–H and O–H groups in total. The van der Waals surface area contributed by atoms with Crippen molar-refractivity contribution >= 4 is 11.4 Å². The number of benzene rings is 3. The number of nitrogen functional groups attached to an aromatic ring is 2. The predicted octanol–water partition coefficient (Wildman–Crippen LogP) is 6.75. The molecule has 32 heavy (non-hydrogen) atoms. The zero-order valence-corrected chi connectivity index (χ0v) is 15.6. The van der Waals surface area contributed by atoms with E-state index in [-0.39, 0.29) is 17.4 Å². The summed E-state index contributed by atoms with van der Waals surface area (Å²) in [4.78, 5) is 0. The van der Waals surface area contributed by atoms with Gasteiger partial charge in [-0.15, -0.1) is 0 Å². The minimum absolute atomic E-state index is 0.202. The van der Waals surface area contributed by atoms with Crippen molar-refractivity contribution in [2.75, 3.05) is 11.5 Å². The normalized spacial score (nSPS) is 12.0. The number of ether oxygens (including phenoxy) is 2. The van der Waals surface area contributed by atoms with Gasteiger partial charge in [-0.05, 0) is 24.3 Å². The fourth-order valence-electron chi connectivity index (χ4n) is 2.78. The molecule has 0 aliphatic rings. The van der Waals surface area contributed by atoms with Crippen LogP contribution in [0.4, 0.5) is 46.5 Å². The van der Waals surface area contributed by atoms with E-state index in [0.29, 0.717) is 18.2 Å². The Labute approximate surface area is 175 Å². The van der Waals surface area contributed by atoms with Gasteiger partial charge in [0.2, 0.25) is 0 Å². The molecule has 0 radical (unpaired) electrons. The van der Waals surface area contributed by atoms with Gasteiger partial charge in [-0.1, -0.05) is 0 Å². The molecular formula is C20H12F8N2O2. The highest BCUT2D eigenvalue weighted by molar-refractivity contribution is 5.57. The smallest absolute Gasteiger partial charge is 0.423 e. The average molecular weight is 464 g/mol. The highest BCUT2D eigenvalue weighted by Crippen LogP contribution is 2.50. The molecular weight excluding hydrogens is 452 g/mol. The van der Waals surface area contributed by atoms with E-state index in [9.17, 15) is 35.1 Å². The quantitative estimate of drug-likeness (QED) is 0.331. The first-order valence-electron chi connectivity index (χ1n) is 8.53. The van der Waals surface area contributed by atoms with E-state index >= 15 is 0 Å². The maximum absolute atomic E-state index is 13.9. The van der Waals surface area contributed by atoms with Crippen LogP contribution in [-0.4, -0.2) is 0 Å². The topological polar surface area (TPSA) is 70.5 Å². The van der Waals surface area contributed by atoms with Crippen LogP contribution in [0.15, 0.2) is 48.5 Å². The molecule has 0 saturated heterocycles. The van der Waals surface area contributed by atoms with Crippen molar-refractivity contribution in [1.82, 2.24) is 0 Å². The standard InChI is InChI=1S/C20H12F8N2O2/c21-9-3-11(29)7-13(5-9)31-16-2-1-15(19(23,24)25)18(17(16)20(26,27)28)32-14-6-10(22)4-12(30)8-14/h1-8H,29-30H2. The lowest BCUT2D eigenvalue weighted by Gasteiger charge is -2.22. The zero-order chi connectivity index (χ0) is 23.8. The van der Waals surface area contributed by atoms with Crippen molar-refractivity contribution in [1.29, 1.82) is 0 Å². The first kappa shape index (κ1) is 23.0. The Morgan fingerprint density at radius 1 is 0.625 bits per heavy atom. The van der Waals surface area contributed by atoms with E-state index in [1.54, 1.807) is 0 Å². The lowest BCUT2D eigenvalue weighted by Crippen LogP contribution is -2.15. The molecule has 3 aromatic carbocycles. The Balaban J connectivity index is 2.24. The summed E-state index contributed by atoms with van der Waals surface area (Å²) in [5.74, 6) is -6.05. The van der Waals surface area contributed by atoms with Crippen LogP contribution in [0, 0.1) is 11.6 Å². The Morgan fingerprint density at radius 3 is 1.56 bits per heavy atom. The maximum atomic E-state index is 13.9. The van der Waals surface area contributed by atoms with Gasteiger partial charge in [0.1, 0.15) is 34.4 Å². The van der Waals surface area contributed by atoms with Crippen LogP contribution in [0.25, 0.3) is 0 Å². The molecule has 0 atom stereocenters. The summed E-state index contributed by atoms with van der Waals surface area (Å²) in [7, 11) is 0. The van der Waals surface area contributed by atoms with Crippen LogP contribution in [0.1, 0.15) is 11.1 Å². The molecule has 0 unspecified atom stereocenters.